The van der Waals surface area contributed by atoms with Crippen molar-refractivity contribution in [3.63, 3.8) is 0 Å². The smallest absolute Gasteiger partial charge is 0.282 e. The van der Waals surface area contributed by atoms with Crippen LogP contribution < -0.4 is 0 Å². The van der Waals surface area contributed by atoms with Crippen molar-refractivity contribution in [1.82, 2.24) is 0 Å². The summed E-state index contributed by atoms with van der Waals surface area (Å²) in [6, 6.07) is 8.97. The Hall–Kier alpha value is -1.44. The molecule has 0 aromatic rings. The Morgan fingerprint density at radius 1 is 1.10 bits per heavy atom. The van der Waals surface area contributed by atoms with Crippen molar-refractivity contribution in [2.75, 3.05) is 0 Å². The lowest BCUT2D eigenvalue weighted by atomic mass is 10.3. The lowest BCUT2D eigenvalue weighted by Gasteiger charge is -1.96. The minimum absolute atomic E-state index is 0.0429. The van der Waals surface area contributed by atoms with Crippen LogP contribution in [0.5, 0.6) is 5.95 Å². The zero-order valence-electron chi connectivity index (χ0n) is 5.24. The molecule has 0 fully saturated rings. The standard InChI is InChI=1S/C8H6O2/c9-8-5-4-6-2-1-3-7(6)10-8/h1-5,9H. The molecule has 10 heavy (non-hydrogen) atoms. The van der Waals surface area contributed by atoms with Crippen LogP contribution in [-0.2, 0) is 0 Å². The maximum absolute atomic E-state index is 8.88. The minimum Gasteiger partial charge on any atom is -0.481 e. The van der Waals surface area contributed by atoms with E-state index in [9.17, 15) is 0 Å². The van der Waals surface area contributed by atoms with E-state index in [2.05, 4.69) is 0 Å². The van der Waals surface area contributed by atoms with Gasteiger partial charge in [0.05, 0.1) is 0 Å². The molecule has 2 nitrogen and oxygen atoms in total. The van der Waals surface area contributed by atoms with Gasteiger partial charge in [-0.1, -0.05) is 12.1 Å². The van der Waals surface area contributed by atoms with Gasteiger partial charge >= 0.3 is 0 Å². The van der Waals surface area contributed by atoms with Gasteiger partial charge in [0, 0.05) is 11.6 Å². The third-order valence-electron chi connectivity index (χ3n) is 1.43. The summed E-state index contributed by atoms with van der Waals surface area (Å²) in [7, 11) is 0. The summed E-state index contributed by atoms with van der Waals surface area (Å²) in [6.45, 7) is 0. The van der Waals surface area contributed by atoms with Crippen LogP contribution in [0.1, 0.15) is 0 Å². The van der Waals surface area contributed by atoms with Crippen molar-refractivity contribution in [3.05, 3.63) is 30.3 Å². The van der Waals surface area contributed by atoms with Crippen LogP contribution in [0.3, 0.4) is 0 Å². The van der Waals surface area contributed by atoms with Gasteiger partial charge in [0.15, 0.2) is 0 Å². The van der Waals surface area contributed by atoms with Crippen LogP contribution >= 0.6 is 0 Å². The third-order valence-corrected chi connectivity index (χ3v) is 1.43. The van der Waals surface area contributed by atoms with Crippen molar-refractivity contribution in [3.8, 4) is 17.3 Å². The molecule has 50 valence electrons. The highest BCUT2D eigenvalue weighted by Crippen LogP contribution is 2.26. The zero-order valence-corrected chi connectivity index (χ0v) is 5.24. The van der Waals surface area contributed by atoms with Crippen molar-refractivity contribution < 1.29 is 9.52 Å². The monoisotopic (exact) mass is 134 g/mol. The first-order chi connectivity index (χ1) is 4.86. The maximum Gasteiger partial charge on any atom is 0.282 e. The number of hydrogen-bond acceptors (Lipinski definition) is 2. The van der Waals surface area contributed by atoms with E-state index in [1.807, 2.05) is 24.3 Å². The van der Waals surface area contributed by atoms with Crippen LogP contribution in [-0.4, -0.2) is 5.11 Å². The van der Waals surface area contributed by atoms with Crippen LogP contribution in [0, 0.1) is 0 Å². The molecule has 2 heteroatoms. The average Bonchev–Trinajstić information content (AvgIpc) is 2.33. The Labute approximate surface area is 58.1 Å². The largest absolute Gasteiger partial charge is 0.481 e. The molecule has 0 radical (unpaired) electrons. The number of aromatic hydroxyl groups is 1. The summed E-state index contributed by atoms with van der Waals surface area (Å²) in [4.78, 5) is 0. The van der Waals surface area contributed by atoms with Gasteiger partial charge in [0.2, 0.25) is 0 Å². The fourth-order valence-corrected chi connectivity index (χ4v) is 0.956. The van der Waals surface area contributed by atoms with Crippen LogP contribution in [0.25, 0.3) is 11.3 Å². The van der Waals surface area contributed by atoms with E-state index < -0.39 is 0 Å². The summed E-state index contributed by atoms with van der Waals surface area (Å²) < 4.78 is 4.96. The predicted molar refractivity (Wildman–Crippen MR) is 37.0 cm³/mol. The number of rotatable bonds is 0. The molecular formula is C8H6O2. The first-order valence-electron chi connectivity index (χ1n) is 3.04. The highest BCUT2D eigenvalue weighted by Gasteiger charge is 2.02. The van der Waals surface area contributed by atoms with Gasteiger partial charge < -0.3 is 9.52 Å². The lowest BCUT2D eigenvalue weighted by molar-refractivity contribution is 0.329. The van der Waals surface area contributed by atoms with Crippen molar-refractivity contribution in [1.29, 1.82) is 0 Å². The molecule has 1 heterocycles. The Balaban J connectivity index is 2.75. The fraction of sp³-hybridized carbons (Fsp3) is 0. The van der Waals surface area contributed by atoms with E-state index >= 15 is 0 Å². The maximum atomic E-state index is 8.88. The second-order valence-corrected chi connectivity index (χ2v) is 2.12. The third kappa shape index (κ3) is 0.658. The van der Waals surface area contributed by atoms with Crippen LogP contribution in [0.2, 0.25) is 0 Å². The van der Waals surface area contributed by atoms with E-state index in [-0.39, 0.29) is 5.95 Å². The Morgan fingerprint density at radius 3 is 2.90 bits per heavy atom. The van der Waals surface area contributed by atoms with E-state index in [1.165, 1.54) is 6.07 Å². The van der Waals surface area contributed by atoms with Gasteiger partial charge in [-0.15, -0.1) is 0 Å². The fourth-order valence-electron chi connectivity index (χ4n) is 0.956. The summed E-state index contributed by atoms with van der Waals surface area (Å²) in [6.07, 6.45) is 0. The molecule has 0 saturated carbocycles. The molecule has 2 rings (SSSR count). The van der Waals surface area contributed by atoms with Crippen LogP contribution in [0.15, 0.2) is 34.7 Å². The predicted octanol–water partition coefficient (Wildman–Crippen LogP) is 2.09. The van der Waals surface area contributed by atoms with Gasteiger partial charge in [-0.3, -0.25) is 0 Å². The molecule has 0 atom stereocenters. The second-order valence-electron chi connectivity index (χ2n) is 2.12. The van der Waals surface area contributed by atoms with Crippen molar-refractivity contribution in [2.24, 2.45) is 0 Å². The van der Waals surface area contributed by atoms with Gasteiger partial charge in [0.25, 0.3) is 5.95 Å². The molecule has 0 spiro atoms. The second kappa shape index (κ2) is 1.77. The quantitative estimate of drug-likeness (QED) is 0.598. The molecule has 2 aliphatic rings. The first-order valence-corrected chi connectivity index (χ1v) is 3.04. The Bertz CT molecular complexity index is 311. The Morgan fingerprint density at radius 2 is 2.00 bits per heavy atom. The molecule has 0 amide bonds. The topological polar surface area (TPSA) is 33.4 Å². The summed E-state index contributed by atoms with van der Waals surface area (Å²) in [5.41, 5.74) is 1.01. The van der Waals surface area contributed by atoms with E-state index in [0.29, 0.717) is 0 Å². The molecule has 0 saturated heterocycles. The number of fused-ring (bicyclic) bond motifs is 1. The van der Waals surface area contributed by atoms with Gasteiger partial charge in [-0.25, -0.2) is 0 Å². The van der Waals surface area contributed by atoms with Gasteiger partial charge in [-0.05, 0) is 12.1 Å². The average molecular weight is 134 g/mol. The van der Waals surface area contributed by atoms with Gasteiger partial charge in [0.1, 0.15) is 5.76 Å². The molecule has 0 aromatic carbocycles. The zero-order chi connectivity index (χ0) is 6.97. The molecule has 1 N–H and O–H groups in total. The van der Waals surface area contributed by atoms with Crippen LogP contribution in [0.4, 0.5) is 0 Å². The lowest BCUT2D eigenvalue weighted by Crippen LogP contribution is -1.70. The molecule has 1 aliphatic carbocycles. The SMILES string of the molecule is Oc1ccc2cccc-2o1. The molecule has 0 unspecified atom stereocenters. The van der Waals surface area contributed by atoms with E-state index in [1.54, 1.807) is 0 Å². The van der Waals surface area contributed by atoms with E-state index in [4.69, 9.17) is 9.52 Å². The van der Waals surface area contributed by atoms with E-state index in [0.717, 1.165) is 11.3 Å². The summed E-state index contributed by atoms with van der Waals surface area (Å²) >= 11 is 0. The Kier molecular flexibility index (Phi) is 0.947. The summed E-state index contributed by atoms with van der Waals surface area (Å²) in [5.74, 6) is 0.679. The van der Waals surface area contributed by atoms with Gasteiger partial charge in [-0.2, -0.15) is 0 Å². The minimum atomic E-state index is -0.0429. The molecule has 1 aliphatic heterocycles. The highest BCUT2D eigenvalue weighted by atomic mass is 16.5. The highest BCUT2D eigenvalue weighted by molar-refractivity contribution is 5.60. The molecule has 0 aromatic heterocycles. The number of hydrogen-bond donors (Lipinski definition) is 1. The van der Waals surface area contributed by atoms with Crippen molar-refractivity contribution in [2.45, 2.75) is 0 Å². The summed E-state index contributed by atoms with van der Waals surface area (Å²) in [5, 5.41) is 8.88. The molecular weight excluding hydrogens is 128 g/mol. The molecule has 0 bridgehead atoms. The van der Waals surface area contributed by atoms with Crippen molar-refractivity contribution >= 4 is 0 Å². The normalized spacial score (nSPS) is 10.4. The first kappa shape index (κ1) is 5.35.